The lowest BCUT2D eigenvalue weighted by Gasteiger charge is -2.15. The van der Waals surface area contributed by atoms with E-state index in [0.717, 1.165) is 17.7 Å². The van der Waals surface area contributed by atoms with Crippen molar-refractivity contribution >= 4 is 12.2 Å². The number of nitrogens with one attached hydrogen (secondary N) is 2. The van der Waals surface area contributed by atoms with Crippen LogP contribution in [0.4, 0.5) is 5.95 Å². The molecule has 0 aliphatic heterocycles. The highest BCUT2D eigenvalue weighted by atomic mass is 16.5. The van der Waals surface area contributed by atoms with Gasteiger partial charge in [-0.05, 0) is 36.2 Å². The molecule has 128 valence electrons. The smallest absolute Gasteiger partial charge is 0.274 e. The molecule has 0 bridgehead atoms. The number of hydrogen-bond donors (Lipinski definition) is 2. The molecule has 1 heterocycles. The molecule has 0 saturated heterocycles. The summed E-state index contributed by atoms with van der Waals surface area (Å²) in [7, 11) is 0. The van der Waals surface area contributed by atoms with Gasteiger partial charge in [-0.2, -0.15) is 5.10 Å². The Bertz CT molecular complexity index is 745. The SMILES string of the molecule is CCCOc1ccc(/C=N/Nc2nnc(C(C)(C)C)c(=O)[nH]2)cc1. The van der Waals surface area contributed by atoms with Crippen LogP contribution in [0.15, 0.2) is 34.2 Å². The van der Waals surface area contributed by atoms with Gasteiger partial charge < -0.3 is 4.74 Å². The number of rotatable bonds is 6. The van der Waals surface area contributed by atoms with E-state index in [2.05, 4.69) is 32.6 Å². The molecule has 0 amide bonds. The molecule has 2 aromatic rings. The average Bonchev–Trinajstić information content (AvgIpc) is 2.53. The Morgan fingerprint density at radius 1 is 1.25 bits per heavy atom. The lowest BCUT2D eigenvalue weighted by atomic mass is 9.93. The van der Waals surface area contributed by atoms with Gasteiger partial charge in [0.2, 0.25) is 5.95 Å². The van der Waals surface area contributed by atoms with Gasteiger partial charge in [0.1, 0.15) is 11.4 Å². The summed E-state index contributed by atoms with van der Waals surface area (Å²) in [6.45, 7) is 8.49. The van der Waals surface area contributed by atoms with Crippen LogP contribution in [-0.2, 0) is 5.41 Å². The molecule has 0 fully saturated rings. The number of hydrazone groups is 1. The molecule has 2 N–H and O–H groups in total. The zero-order chi connectivity index (χ0) is 17.6. The van der Waals surface area contributed by atoms with E-state index in [1.807, 2.05) is 45.0 Å². The third kappa shape index (κ3) is 4.91. The maximum absolute atomic E-state index is 12.0. The molecular formula is C17H23N5O2. The van der Waals surface area contributed by atoms with Gasteiger partial charge >= 0.3 is 0 Å². The second-order valence-corrected chi connectivity index (χ2v) is 6.39. The van der Waals surface area contributed by atoms with Crippen molar-refractivity contribution in [1.82, 2.24) is 15.2 Å². The molecular weight excluding hydrogens is 306 g/mol. The molecule has 7 heteroatoms. The minimum atomic E-state index is -0.357. The Morgan fingerprint density at radius 2 is 1.96 bits per heavy atom. The van der Waals surface area contributed by atoms with E-state index in [-0.39, 0.29) is 16.9 Å². The molecule has 1 aromatic heterocycles. The molecule has 0 unspecified atom stereocenters. The maximum atomic E-state index is 12.0. The van der Waals surface area contributed by atoms with E-state index >= 15 is 0 Å². The van der Waals surface area contributed by atoms with Gasteiger partial charge in [0.15, 0.2) is 0 Å². The van der Waals surface area contributed by atoms with Crippen molar-refractivity contribution in [3.8, 4) is 5.75 Å². The molecule has 0 aliphatic rings. The zero-order valence-corrected chi connectivity index (χ0v) is 14.5. The molecule has 1 aromatic carbocycles. The number of nitrogens with zero attached hydrogens (tertiary/aromatic N) is 3. The minimum Gasteiger partial charge on any atom is -0.494 e. The normalized spacial score (nSPS) is 11.7. The second kappa shape index (κ2) is 7.72. The molecule has 2 rings (SSSR count). The lowest BCUT2D eigenvalue weighted by Crippen LogP contribution is -2.28. The predicted molar refractivity (Wildman–Crippen MR) is 94.8 cm³/mol. The highest BCUT2D eigenvalue weighted by molar-refractivity contribution is 5.80. The van der Waals surface area contributed by atoms with E-state index in [9.17, 15) is 4.79 Å². The molecule has 0 radical (unpaired) electrons. The third-order valence-corrected chi connectivity index (χ3v) is 3.14. The van der Waals surface area contributed by atoms with E-state index in [0.29, 0.717) is 12.3 Å². The van der Waals surface area contributed by atoms with Crippen molar-refractivity contribution in [2.24, 2.45) is 5.10 Å². The van der Waals surface area contributed by atoms with Crippen LogP contribution in [0, 0.1) is 0 Å². The van der Waals surface area contributed by atoms with Crippen molar-refractivity contribution in [3.63, 3.8) is 0 Å². The summed E-state index contributed by atoms with van der Waals surface area (Å²) in [6.07, 6.45) is 2.60. The highest BCUT2D eigenvalue weighted by Gasteiger charge is 2.20. The molecule has 24 heavy (non-hydrogen) atoms. The Hall–Kier alpha value is -2.70. The minimum absolute atomic E-state index is 0.201. The first kappa shape index (κ1) is 17.7. The first-order valence-corrected chi connectivity index (χ1v) is 7.89. The summed E-state index contributed by atoms with van der Waals surface area (Å²) in [4.78, 5) is 14.6. The standard InChI is InChI=1S/C17H23N5O2/c1-5-10-24-13-8-6-12(7-9-13)11-18-21-16-19-15(23)14(20-22-16)17(2,3)4/h6-9,11H,5,10H2,1-4H3,(H2,19,21,22,23)/b18-11+. The summed E-state index contributed by atoms with van der Waals surface area (Å²) in [5.41, 5.74) is 3.33. The van der Waals surface area contributed by atoms with Crippen LogP contribution in [0.25, 0.3) is 0 Å². The maximum Gasteiger partial charge on any atom is 0.274 e. The van der Waals surface area contributed by atoms with Gasteiger partial charge in [-0.15, -0.1) is 10.2 Å². The highest BCUT2D eigenvalue weighted by Crippen LogP contribution is 2.15. The van der Waals surface area contributed by atoms with Gasteiger partial charge in [0, 0.05) is 5.41 Å². The van der Waals surface area contributed by atoms with Crippen LogP contribution in [0.3, 0.4) is 0 Å². The first-order valence-electron chi connectivity index (χ1n) is 7.89. The Labute approximate surface area is 141 Å². The van der Waals surface area contributed by atoms with Crippen LogP contribution in [0.2, 0.25) is 0 Å². The Balaban J connectivity index is 1.99. The fourth-order valence-corrected chi connectivity index (χ4v) is 1.92. The van der Waals surface area contributed by atoms with E-state index in [1.165, 1.54) is 0 Å². The summed E-state index contributed by atoms with van der Waals surface area (Å²) in [5.74, 6) is 1.03. The van der Waals surface area contributed by atoms with Crippen molar-refractivity contribution in [3.05, 3.63) is 45.9 Å². The monoisotopic (exact) mass is 329 g/mol. The number of anilines is 1. The number of aromatic amines is 1. The molecule has 0 aliphatic carbocycles. The van der Waals surface area contributed by atoms with Gasteiger partial charge in [-0.1, -0.05) is 27.7 Å². The predicted octanol–water partition coefficient (Wildman–Crippen LogP) is 2.70. The van der Waals surface area contributed by atoms with E-state index in [4.69, 9.17) is 4.74 Å². The Kier molecular flexibility index (Phi) is 5.68. The Morgan fingerprint density at radius 3 is 2.54 bits per heavy atom. The topological polar surface area (TPSA) is 92.3 Å². The van der Waals surface area contributed by atoms with Crippen molar-refractivity contribution in [2.75, 3.05) is 12.0 Å². The number of ether oxygens (including phenoxy) is 1. The van der Waals surface area contributed by atoms with Crippen LogP contribution in [0.1, 0.15) is 45.4 Å². The zero-order valence-electron chi connectivity index (χ0n) is 14.5. The van der Waals surface area contributed by atoms with E-state index < -0.39 is 0 Å². The summed E-state index contributed by atoms with van der Waals surface area (Å²) in [5, 5.41) is 12.0. The molecule has 0 spiro atoms. The summed E-state index contributed by atoms with van der Waals surface area (Å²) < 4.78 is 5.52. The second-order valence-electron chi connectivity index (χ2n) is 6.39. The van der Waals surface area contributed by atoms with Crippen LogP contribution in [-0.4, -0.2) is 28.0 Å². The van der Waals surface area contributed by atoms with Gasteiger partial charge in [0.25, 0.3) is 5.56 Å². The lowest BCUT2D eigenvalue weighted by molar-refractivity contribution is 0.317. The fraction of sp³-hybridized carbons (Fsp3) is 0.412. The number of hydrogen-bond acceptors (Lipinski definition) is 6. The number of H-pyrrole nitrogens is 1. The van der Waals surface area contributed by atoms with E-state index in [1.54, 1.807) is 6.21 Å². The van der Waals surface area contributed by atoms with Crippen molar-refractivity contribution in [2.45, 2.75) is 39.5 Å². The van der Waals surface area contributed by atoms with Crippen molar-refractivity contribution < 1.29 is 4.74 Å². The van der Waals surface area contributed by atoms with Gasteiger partial charge in [-0.25, -0.2) is 5.43 Å². The average molecular weight is 329 g/mol. The number of benzene rings is 1. The first-order chi connectivity index (χ1) is 11.4. The van der Waals surface area contributed by atoms with Gasteiger partial charge in [0.05, 0.1) is 12.8 Å². The van der Waals surface area contributed by atoms with Crippen LogP contribution in [0.5, 0.6) is 5.75 Å². The number of aromatic nitrogens is 3. The summed E-state index contributed by atoms with van der Waals surface area (Å²) >= 11 is 0. The van der Waals surface area contributed by atoms with Crippen LogP contribution >= 0.6 is 0 Å². The van der Waals surface area contributed by atoms with Crippen LogP contribution < -0.4 is 15.7 Å². The van der Waals surface area contributed by atoms with Crippen molar-refractivity contribution in [1.29, 1.82) is 0 Å². The quantitative estimate of drug-likeness (QED) is 0.628. The van der Waals surface area contributed by atoms with Gasteiger partial charge in [-0.3, -0.25) is 9.78 Å². The third-order valence-electron chi connectivity index (χ3n) is 3.14. The fourth-order valence-electron chi connectivity index (χ4n) is 1.92. The summed E-state index contributed by atoms with van der Waals surface area (Å²) in [6, 6.07) is 7.56. The molecule has 0 atom stereocenters. The molecule has 0 saturated carbocycles. The largest absolute Gasteiger partial charge is 0.494 e. The molecule has 7 nitrogen and oxygen atoms in total.